The van der Waals surface area contributed by atoms with Gasteiger partial charge in [0, 0.05) is 34.9 Å². The molecule has 0 spiro atoms. The highest BCUT2D eigenvalue weighted by atomic mass is 14.8. The van der Waals surface area contributed by atoms with Gasteiger partial charge in [-0.15, -0.1) is 0 Å². The van der Waals surface area contributed by atoms with Crippen molar-refractivity contribution >= 4 is 16.6 Å². The Morgan fingerprint density at radius 2 is 1.10 bits per heavy atom. The molecule has 3 heteroatoms. The first-order valence-electron chi connectivity index (χ1n) is 20.4. The van der Waals surface area contributed by atoms with Crippen LogP contribution in [-0.2, 0) is 10.8 Å². The second-order valence-electron chi connectivity index (χ2n) is 17.3. The molecule has 2 aromatic heterocycles. The minimum absolute atomic E-state index is 0.000586. The fourth-order valence-corrected chi connectivity index (χ4v) is 10.2. The number of allylic oxidation sites excluding steroid dienone is 4. The summed E-state index contributed by atoms with van der Waals surface area (Å²) in [5, 5.41) is 0. The van der Waals surface area contributed by atoms with Crippen molar-refractivity contribution in [3.63, 3.8) is 0 Å². The van der Waals surface area contributed by atoms with Crippen LogP contribution in [0.1, 0.15) is 61.4 Å². The summed E-state index contributed by atoms with van der Waals surface area (Å²) in [6.45, 7) is 9.54. The third-order valence-corrected chi connectivity index (χ3v) is 13.3. The number of hydrogen-bond donors (Lipinski definition) is 0. The van der Waals surface area contributed by atoms with Gasteiger partial charge in [0.1, 0.15) is 0 Å². The van der Waals surface area contributed by atoms with Crippen LogP contribution in [0.2, 0.25) is 0 Å². The second kappa shape index (κ2) is 12.9. The van der Waals surface area contributed by atoms with Gasteiger partial charge in [-0.2, -0.15) is 0 Å². The van der Waals surface area contributed by atoms with Crippen molar-refractivity contribution in [1.82, 2.24) is 15.0 Å². The van der Waals surface area contributed by atoms with E-state index in [4.69, 9.17) is 9.97 Å². The van der Waals surface area contributed by atoms with E-state index < -0.39 is 0 Å². The van der Waals surface area contributed by atoms with Gasteiger partial charge in [0.15, 0.2) is 0 Å². The van der Waals surface area contributed by atoms with Gasteiger partial charge in [-0.3, -0.25) is 4.98 Å². The smallest absolute Gasteiger partial charge is 0.0973 e. The van der Waals surface area contributed by atoms with Crippen molar-refractivity contribution in [2.24, 2.45) is 5.92 Å². The van der Waals surface area contributed by atoms with Gasteiger partial charge in [0.25, 0.3) is 0 Å². The summed E-state index contributed by atoms with van der Waals surface area (Å²) in [7, 11) is 0. The van der Waals surface area contributed by atoms with Crippen molar-refractivity contribution in [1.29, 1.82) is 0 Å². The molecule has 0 bridgehead atoms. The molecule has 0 N–H and O–H groups in total. The van der Waals surface area contributed by atoms with Gasteiger partial charge in [0.05, 0.1) is 22.4 Å². The third-order valence-electron chi connectivity index (χ3n) is 13.3. The lowest BCUT2D eigenvalue weighted by molar-refractivity contribution is 0.395. The molecule has 2 heterocycles. The first-order chi connectivity index (χ1) is 28.3. The highest BCUT2D eigenvalue weighted by Crippen LogP contribution is 2.55. The van der Waals surface area contributed by atoms with Crippen molar-refractivity contribution in [2.45, 2.75) is 44.4 Å². The number of fused-ring (bicyclic) bond motifs is 7. The molecule has 0 radical (unpaired) electrons. The lowest BCUT2D eigenvalue weighted by Gasteiger charge is -2.31. The highest BCUT2D eigenvalue weighted by molar-refractivity contribution is 5.97. The Bertz CT molecular complexity index is 2990. The maximum absolute atomic E-state index is 5.52. The maximum Gasteiger partial charge on any atom is 0.0973 e. The van der Waals surface area contributed by atoms with E-state index in [-0.39, 0.29) is 10.8 Å². The molecule has 0 saturated heterocycles. The fourth-order valence-electron chi connectivity index (χ4n) is 10.2. The molecule has 58 heavy (non-hydrogen) atoms. The molecule has 0 fully saturated rings. The van der Waals surface area contributed by atoms with Crippen molar-refractivity contribution in [3.05, 3.63) is 204 Å². The predicted molar refractivity (Wildman–Crippen MR) is 239 cm³/mol. The van der Waals surface area contributed by atoms with Crippen molar-refractivity contribution < 1.29 is 0 Å². The monoisotopic (exact) mass is 745 g/mol. The molecule has 6 aromatic carbocycles. The normalized spacial score (nSPS) is 18.0. The van der Waals surface area contributed by atoms with Gasteiger partial charge in [-0.05, 0) is 102 Å². The first-order valence-corrected chi connectivity index (χ1v) is 20.4. The van der Waals surface area contributed by atoms with E-state index in [1.807, 2.05) is 18.5 Å². The predicted octanol–water partition coefficient (Wildman–Crippen LogP) is 13.6. The van der Waals surface area contributed by atoms with Crippen LogP contribution in [0.3, 0.4) is 0 Å². The molecule has 2 unspecified atom stereocenters. The average Bonchev–Trinajstić information content (AvgIpc) is 3.65. The zero-order chi connectivity index (χ0) is 39.2. The van der Waals surface area contributed by atoms with E-state index >= 15 is 0 Å². The fraction of sp³-hybridized carbons (Fsp3) is 0.145. The standard InChI is InChI=1S/C55H43N3/c1-54(2)46-18-10-8-16-40(46)42-26-24-37(29-48(42)54)44-31-50-51(32-45(44)38-25-27-43-41-17-9-11-19-47(41)55(3,4)49(43)30-38)58-53(52(57-50)35-13-6-5-7-14-35)36-22-20-34(21-23-36)39-15-12-28-56-33-39/h5-33,42,48H,1-4H3. The summed E-state index contributed by atoms with van der Waals surface area (Å²) in [5.41, 5.74) is 20.7. The Kier molecular flexibility index (Phi) is 7.69. The molecule has 3 aliphatic rings. The molecule has 0 aliphatic heterocycles. The topological polar surface area (TPSA) is 38.7 Å². The molecule has 11 rings (SSSR count). The number of pyridine rings is 1. The van der Waals surface area contributed by atoms with E-state index in [9.17, 15) is 0 Å². The van der Waals surface area contributed by atoms with Crippen LogP contribution in [-0.4, -0.2) is 15.0 Å². The summed E-state index contributed by atoms with van der Waals surface area (Å²) < 4.78 is 0. The van der Waals surface area contributed by atoms with Crippen LogP contribution in [0.4, 0.5) is 0 Å². The summed E-state index contributed by atoms with van der Waals surface area (Å²) >= 11 is 0. The number of nitrogens with zero attached hydrogens (tertiary/aromatic N) is 3. The second-order valence-corrected chi connectivity index (χ2v) is 17.3. The maximum atomic E-state index is 5.52. The van der Waals surface area contributed by atoms with E-state index in [2.05, 4.69) is 190 Å². The number of aromatic nitrogens is 3. The van der Waals surface area contributed by atoms with E-state index in [1.165, 1.54) is 55.6 Å². The number of rotatable bonds is 5. The van der Waals surface area contributed by atoms with Crippen molar-refractivity contribution in [3.8, 4) is 55.9 Å². The zero-order valence-electron chi connectivity index (χ0n) is 33.2. The van der Waals surface area contributed by atoms with Gasteiger partial charge in [-0.25, -0.2) is 9.97 Å². The highest BCUT2D eigenvalue weighted by Gasteiger charge is 2.45. The quantitative estimate of drug-likeness (QED) is 0.176. The lowest BCUT2D eigenvalue weighted by Crippen LogP contribution is -2.25. The third kappa shape index (κ3) is 5.30. The zero-order valence-corrected chi connectivity index (χ0v) is 33.2. The molecule has 0 saturated carbocycles. The molecule has 2 atom stereocenters. The summed E-state index contributed by atoms with van der Waals surface area (Å²) in [4.78, 5) is 15.4. The van der Waals surface area contributed by atoms with Crippen LogP contribution in [0.5, 0.6) is 0 Å². The Labute approximate surface area is 340 Å². The van der Waals surface area contributed by atoms with Crippen LogP contribution in [0.15, 0.2) is 176 Å². The van der Waals surface area contributed by atoms with E-state index in [1.54, 1.807) is 0 Å². The lowest BCUT2D eigenvalue weighted by atomic mass is 9.72. The molecular formula is C55H43N3. The minimum Gasteiger partial charge on any atom is -0.264 e. The molecule has 8 aromatic rings. The Morgan fingerprint density at radius 1 is 0.483 bits per heavy atom. The SMILES string of the molecule is CC1(C)c2ccccc2-c2ccc(-c3cc4nc(-c5ccc(-c6cccnc6)cc5)c(-c5ccccc5)nc4cc3C3=CC4C(C=C3)c3ccccc3C4(C)C)cc21. The van der Waals surface area contributed by atoms with Gasteiger partial charge in [-0.1, -0.05) is 167 Å². The Balaban J connectivity index is 1.12. The largest absolute Gasteiger partial charge is 0.264 e. The van der Waals surface area contributed by atoms with Crippen LogP contribution in [0.25, 0.3) is 72.5 Å². The molecular weight excluding hydrogens is 703 g/mol. The van der Waals surface area contributed by atoms with E-state index in [0.717, 1.165) is 44.7 Å². The van der Waals surface area contributed by atoms with Crippen LogP contribution >= 0.6 is 0 Å². The van der Waals surface area contributed by atoms with Gasteiger partial charge >= 0.3 is 0 Å². The van der Waals surface area contributed by atoms with Gasteiger partial charge < -0.3 is 0 Å². The molecule has 3 aliphatic carbocycles. The summed E-state index contributed by atoms with van der Waals surface area (Å²) in [5.74, 6) is 0.694. The van der Waals surface area contributed by atoms with Gasteiger partial charge in [0.2, 0.25) is 0 Å². The minimum atomic E-state index is -0.116. The molecule has 3 nitrogen and oxygen atoms in total. The first kappa shape index (κ1) is 34.5. The van der Waals surface area contributed by atoms with Crippen LogP contribution in [0, 0.1) is 5.92 Å². The van der Waals surface area contributed by atoms with E-state index in [0.29, 0.717) is 11.8 Å². The average molecular weight is 746 g/mol. The number of hydrogen-bond acceptors (Lipinski definition) is 3. The molecule has 278 valence electrons. The molecule has 0 amide bonds. The summed E-state index contributed by atoms with van der Waals surface area (Å²) in [6, 6.07) is 52.8. The number of benzene rings is 6. The van der Waals surface area contributed by atoms with Crippen molar-refractivity contribution in [2.75, 3.05) is 0 Å². The summed E-state index contributed by atoms with van der Waals surface area (Å²) in [6.07, 6.45) is 11.1. The van der Waals surface area contributed by atoms with Crippen LogP contribution < -0.4 is 0 Å². The Hall–Kier alpha value is -6.71. The Morgan fingerprint density at radius 3 is 1.86 bits per heavy atom.